The monoisotopic (exact) mass is 316 g/mol. The first-order chi connectivity index (χ1) is 10.6. The van der Waals surface area contributed by atoms with E-state index in [0.717, 1.165) is 5.56 Å². The van der Waals surface area contributed by atoms with E-state index in [1.807, 2.05) is 30.3 Å². The predicted molar refractivity (Wildman–Crippen MR) is 84.8 cm³/mol. The third kappa shape index (κ3) is 3.86. The van der Waals surface area contributed by atoms with Gasteiger partial charge >= 0.3 is 5.97 Å². The van der Waals surface area contributed by atoms with Gasteiger partial charge in [-0.3, -0.25) is 0 Å². The van der Waals surface area contributed by atoms with Crippen molar-refractivity contribution in [2.24, 2.45) is 0 Å². The van der Waals surface area contributed by atoms with E-state index in [2.05, 4.69) is 5.16 Å². The lowest BCUT2D eigenvalue weighted by Gasteiger charge is -1.96. The van der Waals surface area contributed by atoms with E-state index >= 15 is 0 Å². The van der Waals surface area contributed by atoms with Gasteiger partial charge in [0.25, 0.3) is 0 Å². The summed E-state index contributed by atoms with van der Waals surface area (Å²) in [5, 5.41) is 12.8. The zero-order valence-electron chi connectivity index (χ0n) is 11.4. The average Bonchev–Trinajstić information content (AvgIpc) is 2.95. The Morgan fingerprint density at radius 3 is 2.23 bits per heavy atom. The van der Waals surface area contributed by atoms with E-state index in [1.54, 1.807) is 18.2 Å². The lowest BCUT2D eigenvalue weighted by atomic mass is 10.2. The molecule has 0 aliphatic heterocycles. The van der Waals surface area contributed by atoms with Gasteiger partial charge in [-0.15, -0.1) is 0 Å². The molecule has 3 rings (SSSR count). The highest BCUT2D eigenvalue weighted by atomic mass is 35.5. The molecule has 5 nitrogen and oxygen atoms in total. The first-order valence-corrected chi connectivity index (χ1v) is 6.70. The second-order valence-corrected chi connectivity index (χ2v) is 4.68. The lowest BCUT2D eigenvalue weighted by molar-refractivity contribution is 0.0698. The highest BCUT2D eigenvalue weighted by Crippen LogP contribution is 2.25. The van der Waals surface area contributed by atoms with Gasteiger partial charge in [0.15, 0.2) is 0 Å². The fourth-order valence-corrected chi connectivity index (χ4v) is 1.89. The minimum Gasteiger partial charge on any atom is -0.478 e. The van der Waals surface area contributed by atoms with Crippen LogP contribution in [0.5, 0.6) is 0 Å². The van der Waals surface area contributed by atoms with Crippen LogP contribution in [0, 0.1) is 0 Å². The van der Waals surface area contributed by atoms with Crippen molar-refractivity contribution >= 4 is 23.3 Å². The fraction of sp³-hybridized carbons (Fsp3) is 0. The smallest absolute Gasteiger partial charge is 0.337 e. The topological polar surface area (TPSA) is 89.4 Å². The number of hydrogen-bond acceptors (Lipinski definition) is 4. The van der Waals surface area contributed by atoms with Crippen LogP contribution in [-0.4, -0.2) is 16.2 Å². The summed E-state index contributed by atoms with van der Waals surface area (Å²) in [6.07, 6.45) is 1.42. The summed E-state index contributed by atoms with van der Waals surface area (Å²) < 4.78 is 4.72. The van der Waals surface area contributed by atoms with Crippen molar-refractivity contribution in [3.05, 3.63) is 71.4 Å². The molecule has 0 fully saturated rings. The van der Waals surface area contributed by atoms with Gasteiger partial charge in [0, 0.05) is 11.3 Å². The molecule has 0 atom stereocenters. The normalized spacial score (nSPS) is 9.68. The number of nitrogens with zero attached hydrogens (tertiary/aromatic N) is 1. The third-order valence-corrected chi connectivity index (χ3v) is 3.03. The molecule has 1 heterocycles. The molecule has 6 heteroatoms. The zero-order chi connectivity index (χ0) is 15.9. The molecule has 0 aliphatic rings. The standard InChI is InChI=1S/C9H6ClNO.C7H7NO2/c10-8-6-12-11-9(8)7-4-2-1-3-5-7;8-6-4-2-1-3-5(6)7(9)10/h1-6H;1-4H,8H2,(H,9,10). The Morgan fingerprint density at radius 1 is 1.09 bits per heavy atom. The Balaban J connectivity index is 0.000000164. The number of anilines is 1. The van der Waals surface area contributed by atoms with E-state index in [0.29, 0.717) is 16.4 Å². The number of nitrogen functional groups attached to an aromatic ring is 1. The Labute approximate surface area is 131 Å². The number of carboxylic acid groups (broad SMARTS) is 1. The molecule has 0 unspecified atom stereocenters. The summed E-state index contributed by atoms with van der Waals surface area (Å²) in [6, 6.07) is 16.0. The molecule has 0 bridgehead atoms. The molecule has 112 valence electrons. The van der Waals surface area contributed by atoms with Crippen LogP contribution < -0.4 is 5.73 Å². The predicted octanol–water partition coefficient (Wildman–Crippen LogP) is 3.96. The molecule has 2 aromatic carbocycles. The molecule has 0 radical (unpaired) electrons. The Hall–Kier alpha value is -2.79. The number of para-hydroxylation sites is 1. The molecular weight excluding hydrogens is 304 g/mol. The van der Waals surface area contributed by atoms with Crippen LogP contribution in [0.4, 0.5) is 5.69 Å². The molecule has 0 aliphatic carbocycles. The van der Waals surface area contributed by atoms with Crippen molar-refractivity contribution in [3.63, 3.8) is 0 Å². The quantitative estimate of drug-likeness (QED) is 0.698. The molecule has 1 aromatic heterocycles. The maximum atomic E-state index is 10.3. The van der Waals surface area contributed by atoms with Gasteiger partial charge in [0.2, 0.25) is 0 Å². The Morgan fingerprint density at radius 2 is 1.73 bits per heavy atom. The van der Waals surface area contributed by atoms with Crippen molar-refractivity contribution < 1.29 is 14.4 Å². The zero-order valence-corrected chi connectivity index (χ0v) is 12.2. The SMILES string of the molecule is Clc1conc1-c1ccccc1.Nc1ccccc1C(=O)O. The number of carboxylic acids is 1. The molecule has 0 spiro atoms. The van der Waals surface area contributed by atoms with Crippen molar-refractivity contribution in [2.45, 2.75) is 0 Å². The van der Waals surface area contributed by atoms with Crippen LogP contribution in [0.2, 0.25) is 5.02 Å². The van der Waals surface area contributed by atoms with Gasteiger partial charge in [-0.25, -0.2) is 4.79 Å². The van der Waals surface area contributed by atoms with Crippen LogP contribution in [0.3, 0.4) is 0 Å². The highest BCUT2D eigenvalue weighted by Gasteiger charge is 2.06. The largest absolute Gasteiger partial charge is 0.478 e. The molecule has 0 saturated carbocycles. The summed E-state index contributed by atoms with van der Waals surface area (Å²) in [5.41, 5.74) is 7.46. The van der Waals surface area contributed by atoms with Crippen LogP contribution in [0.15, 0.2) is 65.4 Å². The maximum absolute atomic E-state index is 10.3. The first-order valence-electron chi connectivity index (χ1n) is 6.32. The number of rotatable bonds is 2. The van der Waals surface area contributed by atoms with E-state index in [9.17, 15) is 4.79 Å². The molecule has 22 heavy (non-hydrogen) atoms. The van der Waals surface area contributed by atoms with Crippen LogP contribution >= 0.6 is 11.6 Å². The summed E-state index contributed by atoms with van der Waals surface area (Å²) in [5.74, 6) is -0.988. The minimum atomic E-state index is -0.988. The summed E-state index contributed by atoms with van der Waals surface area (Å²) in [6.45, 7) is 0. The van der Waals surface area contributed by atoms with Gasteiger partial charge in [-0.05, 0) is 12.1 Å². The lowest BCUT2D eigenvalue weighted by Crippen LogP contribution is -2.00. The Bertz CT molecular complexity index is 757. The summed E-state index contributed by atoms with van der Waals surface area (Å²) in [7, 11) is 0. The summed E-state index contributed by atoms with van der Waals surface area (Å²) >= 11 is 5.82. The number of carbonyl (C=O) groups is 1. The molecule has 0 saturated heterocycles. The van der Waals surface area contributed by atoms with Crippen LogP contribution in [0.25, 0.3) is 11.3 Å². The van der Waals surface area contributed by atoms with Gasteiger partial charge in [0.1, 0.15) is 17.0 Å². The van der Waals surface area contributed by atoms with Gasteiger partial charge in [-0.2, -0.15) is 0 Å². The number of benzene rings is 2. The number of nitrogens with two attached hydrogens (primary N) is 1. The van der Waals surface area contributed by atoms with E-state index in [-0.39, 0.29) is 5.56 Å². The third-order valence-electron chi connectivity index (χ3n) is 2.76. The van der Waals surface area contributed by atoms with Gasteiger partial charge in [-0.1, -0.05) is 59.2 Å². The number of halogens is 1. The number of aromatic carboxylic acids is 1. The molecule has 3 aromatic rings. The highest BCUT2D eigenvalue weighted by molar-refractivity contribution is 6.32. The van der Waals surface area contributed by atoms with Crippen molar-refractivity contribution in [3.8, 4) is 11.3 Å². The van der Waals surface area contributed by atoms with Crippen molar-refractivity contribution in [2.75, 3.05) is 5.73 Å². The van der Waals surface area contributed by atoms with E-state index < -0.39 is 5.97 Å². The average molecular weight is 317 g/mol. The Kier molecular flexibility index (Phi) is 5.16. The number of hydrogen-bond donors (Lipinski definition) is 2. The molecule has 0 amide bonds. The second-order valence-electron chi connectivity index (χ2n) is 4.27. The van der Waals surface area contributed by atoms with Crippen molar-refractivity contribution in [1.82, 2.24) is 5.16 Å². The molecule has 3 N–H and O–H groups in total. The van der Waals surface area contributed by atoms with Gasteiger partial charge < -0.3 is 15.4 Å². The summed E-state index contributed by atoms with van der Waals surface area (Å²) in [4.78, 5) is 10.3. The van der Waals surface area contributed by atoms with Gasteiger partial charge in [0.05, 0.1) is 5.56 Å². The van der Waals surface area contributed by atoms with E-state index in [1.165, 1.54) is 12.3 Å². The molecular formula is C16H13ClN2O3. The number of aromatic nitrogens is 1. The maximum Gasteiger partial charge on any atom is 0.337 e. The van der Waals surface area contributed by atoms with Crippen molar-refractivity contribution in [1.29, 1.82) is 0 Å². The van der Waals surface area contributed by atoms with Crippen LogP contribution in [-0.2, 0) is 0 Å². The first kappa shape index (κ1) is 15.6. The van der Waals surface area contributed by atoms with E-state index in [4.69, 9.17) is 27.0 Å². The fourth-order valence-electron chi connectivity index (χ4n) is 1.70. The van der Waals surface area contributed by atoms with Crippen LogP contribution in [0.1, 0.15) is 10.4 Å². The second kappa shape index (κ2) is 7.28. The minimum absolute atomic E-state index is 0.155.